The first kappa shape index (κ1) is 10.9. The van der Waals surface area contributed by atoms with Gasteiger partial charge in [0.2, 0.25) is 0 Å². The van der Waals surface area contributed by atoms with Crippen LogP contribution in [-0.2, 0) is 0 Å². The molecule has 0 heterocycles. The Balaban J connectivity index is 2.18. The number of nitrogens with one attached hydrogen (secondary N) is 1. The van der Waals surface area contributed by atoms with E-state index >= 15 is 0 Å². The average Bonchev–Trinajstić information content (AvgIpc) is 2.04. The Morgan fingerprint density at radius 3 is 2.62 bits per heavy atom. The van der Waals surface area contributed by atoms with Crippen LogP contribution in [0.15, 0.2) is 0 Å². The number of nitrogens with two attached hydrogens (primary N) is 1. The Morgan fingerprint density at radius 2 is 2.08 bits per heavy atom. The highest BCUT2D eigenvalue weighted by atomic mass is 32.1. The zero-order valence-electron chi connectivity index (χ0n) is 8.38. The van der Waals surface area contributed by atoms with Gasteiger partial charge in [0, 0.05) is 18.5 Å². The molecule has 0 amide bonds. The molecular formula is C10H20N2S. The lowest BCUT2D eigenvalue weighted by atomic mass is 9.95. The van der Waals surface area contributed by atoms with Gasteiger partial charge in [-0.1, -0.05) is 31.5 Å². The molecule has 1 fully saturated rings. The van der Waals surface area contributed by atoms with E-state index in [0.717, 1.165) is 6.42 Å². The van der Waals surface area contributed by atoms with Gasteiger partial charge in [0.1, 0.15) is 0 Å². The molecule has 0 aromatic rings. The molecule has 0 saturated heterocycles. The van der Waals surface area contributed by atoms with Crippen LogP contribution in [-0.4, -0.2) is 17.1 Å². The summed E-state index contributed by atoms with van der Waals surface area (Å²) in [5.74, 6) is 0. The maximum Gasteiger partial charge on any atom is 0.0742 e. The Labute approximate surface area is 86.3 Å². The fraction of sp³-hybridized carbons (Fsp3) is 0.900. The first-order valence-electron chi connectivity index (χ1n) is 5.23. The third-order valence-corrected chi connectivity index (χ3v) is 2.80. The zero-order chi connectivity index (χ0) is 9.68. The highest BCUT2D eigenvalue weighted by Crippen LogP contribution is 2.18. The van der Waals surface area contributed by atoms with Gasteiger partial charge >= 0.3 is 0 Å². The largest absolute Gasteiger partial charge is 0.393 e. The second-order valence-electron chi connectivity index (χ2n) is 4.07. The molecule has 0 bridgehead atoms. The van der Waals surface area contributed by atoms with Crippen LogP contribution in [0, 0.1) is 0 Å². The molecule has 1 aliphatic rings. The van der Waals surface area contributed by atoms with E-state index in [4.69, 9.17) is 18.0 Å². The van der Waals surface area contributed by atoms with E-state index < -0.39 is 0 Å². The molecule has 1 rings (SSSR count). The molecule has 0 spiro atoms. The fourth-order valence-corrected chi connectivity index (χ4v) is 2.28. The van der Waals surface area contributed by atoms with Crippen molar-refractivity contribution in [3.8, 4) is 0 Å². The van der Waals surface area contributed by atoms with Crippen LogP contribution < -0.4 is 11.1 Å². The Hall–Kier alpha value is -0.150. The van der Waals surface area contributed by atoms with Crippen LogP contribution in [0.3, 0.4) is 0 Å². The lowest BCUT2D eigenvalue weighted by molar-refractivity contribution is 0.347. The predicted molar refractivity (Wildman–Crippen MR) is 60.9 cm³/mol. The molecule has 1 unspecified atom stereocenters. The average molecular weight is 200 g/mol. The summed E-state index contributed by atoms with van der Waals surface area (Å²) < 4.78 is 0. The van der Waals surface area contributed by atoms with Crippen LogP contribution in [0.1, 0.15) is 45.4 Å². The summed E-state index contributed by atoms with van der Waals surface area (Å²) in [6.45, 7) is 2.16. The summed E-state index contributed by atoms with van der Waals surface area (Å²) >= 11 is 4.88. The molecule has 3 heteroatoms. The van der Waals surface area contributed by atoms with Crippen molar-refractivity contribution in [3.63, 3.8) is 0 Å². The van der Waals surface area contributed by atoms with E-state index in [0.29, 0.717) is 17.1 Å². The van der Waals surface area contributed by atoms with Crippen LogP contribution in [0.4, 0.5) is 0 Å². The lowest BCUT2D eigenvalue weighted by Crippen LogP contribution is -2.39. The summed E-state index contributed by atoms with van der Waals surface area (Å²) in [5, 5.41) is 3.58. The second-order valence-corrected chi connectivity index (χ2v) is 4.60. The van der Waals surface area contributed by atoms with Gasteiger partial charge < -0.3 is 11.1 Å². The van der Waals surface area contributed by atoms with Gasteiger partial charge in [-0.25, -0.2) is 0 Å². The molecule has 1 atom stereocenters. The number of rotatable bonds is 4. The van der Waals surface area contributed by atoms with E-state index in [2.05, 4.69) is 12.2 Å². The monoisotopic (exact) mass is 200 g/mol. The van der Waals surface area contributed by atoms with Crippen LogP contribution in [0.5, 0.6) is 0 Å². The SMILES string of the molecule is CC(CC(N)=S)NC1CCCCC1. The van der Waals surface area contributed by atoms with E-state index in [9.17, 15) is 0 Å². The first-order valence-corrected chi connectivity index (χ1v) is 5.63. The summed E-state index contributed by atoms with van der Waals surface area (Å²) in [6.07, 6.45) is 7.62. The summed E-state index contributed by atoms with van der Waals surface area (Å²) in [7, 11) is 0. The quantitative estimate of drug-likeness (QED) is 0.681. The molecular weight excluding hydrogens is 180 g/mol. The Bertz CT molecular complexity index is 164. The van der Waals surface area contributed by atoms with Crippen molar-refractivity contribution in [1.82, 2.24) is 5.32 Å². The minimum Gasteiger partial charge on any atom is -0.393 e. The van der Waals surface area contributed by atoms with Gasteiger partial charge in [0.05, 0.1) is 4.99 Å². The summed E-state index contributed by atoms with van der Waals surface area (Å²) in [4.78, 5) is 0.621. The number of hydrogen-bond acceptors (Lipinski definition) is 2. The molecule has 2 nitrogen and oxygen atoms in total. The highest BCUT2D eigenvalue weighted by molar-refractivity contribution is 7.80. The van der Waals surface area contributed by atoms with E-state index in [1.165, 1.54) is 32.1 Å². The lowest BCUT2D eigenvalue weighted by Gasteiger charge is -2.26. The van der Waals surface area contributed by atoms with Gasteiger partial charge in [0.15, 0.2) is 0 Å². The van der Waals surface area contributed by atoms with Crippen molar-refractivity contribution in [2.45, 2.75) is 57.5 Å². The minimum atomic E-state index is 0.445. The van der Waals surface area contributed by atoms with E-state index in [1.54, 1.807) is 0 Å². The van der Waals surface area contributed by atoms with Crippen molar-refractivity contribution in [3.05, 3.63) is 0 Å². The van der Waals surface area contributed by atoms with Crippen molar-refractivity contribution < 1.29 is 0 Å². The third-order valence-electron chi connectivity index (χ3n) is 2.63. The van der Waals surface area contributed by atoms with Gasteiger partial charge in [-0.05, 0) is 19.8 Å². The van der Waals surface area contributed by atoms with E-state index in [-0.39, 0.29) is 0 Å². The molecule has 0 radical (unpaired) electrons. The molecule has 1 saturated carbocycles. The maximum atomic E-state index is 5.49. The fourth-order valence-electron chi connectivity index (χ4n) is 2.03. The molecule has 13 heavy (non-hydrogen) atoms. The maximum absolute atomic E-state index is 5.49. The Morgan fingerprint density at radius 1 is 1.46 bits per heavy atom. The van der Waals surface area contributed by atoms with Crippen molar-refractivity contribution in [2.24, 2.45) is 5.73 Å². The molecule has 0 aliphatic heterocycles. The summed E-state index contributed by atoms with van der Waals surface area (Å²) in [6, 6.07) is 1.15. The standard InChI is InChI=1S/C10H20N2S/c1-8(7-10(11)13)12-9-5-3-2-4-6-9/h8-9,12H,2-7H2,1H3,(H2,11,13). The number of hydrogen-bond donors (Lipinski definition) is 2. The van der Waals surface area contributed by atoms with Crippen LogP contribution in [0.2, 0.25) is 0 Å². The van der Waals surface area contributed by atoms with Gasteiger partial charge in [-0.15, -0.1) is 0 Å². The normalized spacial score (nSPS) is 21.3. The molecule has 1 aliphatic carbocycles. The molecule has 3 N–H and O–H groups in total. The van der Waals surface area contributed by atoms with Gasteiger partial charge in [-0.3, -0.25) is 0 Å². The zero-order valence-corrected chi connectivity index (χ0v) is 9.20. The minimum absolute atomic E-state index is 0.445. The van der Waals surface area contributed by atoms with E-state index in [1.807, 2.05) is 0 Å². The van der Waals surface area contributed by atoms with Crippen molar-refractivity contribution >= 4 is 17.2 Å². The number of thiocarbonyl (C=S) groups is 1. The highest BCUT2D eigenvalue weighted by Gasteiger charge is 2.15. The van der Waals surface area contributed by atoms with Crippen LogP contribution in [0.25, 0.3) is 0 Å². The second kappa shape index (κ2) is 5.55. The topological polar surface area (TPSA) is 38.0 Å². The molecule has 0 aromatic carbocycles. The van der Waals surface area contributed by atoms with Crippen LogP contribution >= 0.6 is 12.2 Å². The van der Waals surface area contributed by atoms with Gasteiger partial charge in [0.25, 0.3) is 0 Å². The van der Waals surface area contributed by atoms with Crippen molar-refractivity contribution in [2.75, 3.05) is 0 Å². The first-order chi connectivity index (χ1) is 6.18. The smallest absolute Gasteiger partial charge is 0.0742 e. The Kier molecular flexibility index (Phi) is 4.67. The third kappa shape index (κ3) is 4.58. The summed E-state index contributed by atoms with van der Waals surface area (Å²) in [5.41, 5.74) is 5.49. The van der Waals surface area contributed by atoms with Gasteiger partial charge in [-0.2, -0.15) is 0 Å². The molecule has 76 valence electrons. The predicted octanol–water partition coefficient (Wildman–Crippen LogP) is 1.97. The molecule has 0 aromatic heterocycles. The van der Waals surface area contributed by atoms with Crippen molar-refractivity contribution in [1.29, 1.82) is 0 Å².